The predicted octanol–water partition coefficient (Wildman–Crippen LogP) is 2.74. The van der Waals surface area contributed by atoms with Crippen molar-refractivity contribution in [2.75, 3.05) is 5.73 Å². The molecule has 0 fully saturated rings. The highest BCUT2D eigenvalue weighted by molar-refractivity contribution is 9.10. The monoisotopic (exact) mass is 334 g/mol. The Labute approximate surface area is 127 Å². The molecule has 106 valence electrons. The van der Waals surface area contributed by atoms with Crippen LogP contribution in [0.15, 0.2) is 41.0 Å². The topological polar surface area (TPSA) is 77.0 Å². The molecular weight excluding hydrogens is 316 g/mol. The lowest BCUT2D eigenvalue weighted by molar-refractivity contribution is 0.547. The Bertz CT molecular complexity index is 569. The lowest BCUT2D eigenvalue weighted by Crippen LogP contribution is -2.30. The molecule has 1 heterocycles. The first-order chi connectivity index (χ1) is 9.63. The van der Waals surface area contributed by atoms with Gasteiger partial charge in [0, 0.05) is 28.5 Å². The summed E-state index contributed by atoms with van der Waals surface area (Å²) in [5, 5.41) is 0. The lowest BCUT2D eigenvalue weighted by Gasteiger charge is -2.18. The standard InChI is InChI=1S/C15H19BrN4/c1-2-10-3-5-12(19-9-10)8-15(20-18)13-7-11(16)4-6-14(13)17/h3-7,9,15,20H,2,8,17-18H2,1H3. The lowest BCUT2D eigenvalue weighted by atomic mass is 10.0. The van der Waals surface area contributed by atoms with Gasteiger partial charge in [-0.15, -0.1) is 0 Å². The van der Waals surface area contributed by atoms with Crippen LogP contribution < -0.4 is 17.0 Å². The van der Waals surface area contributed by atoms with Crippen molar-refractivity contribution in [3.05, 3.63) is 57.8 Å². The average Bonchev–Trinajstić information content (AvgIpc) is 2.48. The van der Waals surface area contributed by atoms with Gasteiger partial charge >= 0.3 is 0 Å². The van der Waals surface area contributed by atoms with Gasteiger partial charge in [0.25, 0.3) is 0 Å². The van der Waals surface area contributed by atoms with Gasteiger partial charge in [-0.05, 0) is 41.8 Å². The van der Waals surface area contributed by atoms with Gasteiger partial charge in [0.05, 0.1) is 6.04 Å². The first kappa shape index (κ1) is 15.0. The van der Waals surface area contributed by atoms with Crippen LogP contribution in [-0.2, 0) is 12.8 Å². The molecule has 0 bridgehead atoms. The summed E-state index contributed by atoms with van der Waals surface area (Å²) < 4.78 is 0.983. The van der Waals surface area contributed by atoms with E-state index in [-0.39, 0.29) is 6.04 Å². The Balaban J connectivity index is 2.21. The van der Waals surface area contributed by atoms with Crippen molar-refractivity contribution in [2.45, 2.75) is 25.8 Å². The molecular formula is C15H19BrN4. The molecule has 5 N–H and O–H groups in total. The third-order valence-corrected chi connectivity index (χ3v) is 3.83. The summed E-state index contributed by atoms with van der Waals surface area (Å²) in [6.07, 6.45) is 3.60. The Morgan fingerprint density at radius 3 is 2.70 bits per heavy atom. The minimum atomic E-state index is -0.0625. The molecule has 20 heavy (non-hydrogen) atoms. The van der Waals surface area contributed by atoms with Gasteiger partial charge < -0.3 is 5.73 Å². The van der Waals surface area contributed by atoms with Crippen molar-refractivity contribution >= 4 is 21.6 Å². The number of hydrogen-bond acceptors (Lipinski definition) is 4. The Morgan fingerprint density at radius 1 is 1.30 bits per heavy atom. The zero-order chi connectivity index (χ0) is 14.5. The van der Waals surface area contributed by atoms with Crippen molar-refractivity contribution in [1.29, 1.82) is 0 Å². The Morgan fingerprint density at radius 2 is 2.10 bits per heavy atom. The van der Waals surface area contributed by atoms with Gasteiger partial charge in [-0.2, -0.15) is 0 Å². The van der Waals surface area contributed by atoms with E-state index >= 15 is 0 Å². The average molecular weight is 335 g/mol. The smallest absolute Gasteiger partial charge is 0.0536 e. The van der Waals surface area contributed by atoms with Crippen LogP contribution in [0.3, 0.4) is 0 Å². The first-order valence-electron chi connectivity index (χ1n) is 6.59. The first-order valence-corrected chi connectivity index (χ1v) is 7.38. The molecule has 2 aromatic rings. The van der Waals surface area contributed by atoms with Crippen molar-refractivity contribution in [3.8, 4) is 0 Å². The fraction of sp³-hybridized carbons (Fsp3) is 0.267. The second kappa shape index (κ2) is 6.83. The number of anilines is 1. The van der Waals surface area contributed by atoms with E-state index in [1.54, 1.807) is 0 Å². The van der Waals surface area contributed by atoms with E-state index in [9.17, 15) is 0 Å². The van der Waals surface area contributed by atoms with E-state index in [0.717, 1.165) is 27.8 Å². The van der Waals surface area contributed by atoms with E-state index in [1.807, 2.05) is 30.5 Å². The van der Waals surface area contributed by atoms with Crippen molar-refractivity contribution in [3.63, 3.8) is 0 Å². The highest BCUT2D eigenvalue weighted by Crippen LogP contribution is 2.26. The van der Waals surface area contributed by atoms with Gasteiger partial charge in [0.1, 0.15) is 0 Å². The summed E-state index contributed by atoms with van der Waals surface area (Å²) >= 11 is 3.46. The number of hydrazine groups is 1. The SMILES string of the molecule is CCc1ccc(CC(NN)c2cc(Br)ccc2N)nc1. The molecule has 0 radical (unpaired) electrons. The number of hydrogen-bond donors (Lipinski definition) is 3. The molecule has 1 aromatic carbocycles. The van der Waals surface area contributed by atoms with E-state index < -0.39 is 0 Å². The summed E-state index contributed by atoms with van der Waals surface area (Å²) in [7, 11) is 0. The van der Waals surface area contributed by atoms with Crippen LogP contribution in [0, 0.1) is 0 Å². The molecule has 2 rings (SSSR count). The molecule has 5 heteroatoms. The molecule has 0 aliphatic rings. The Kier molecular flexibility index (Phi) is 5.11. The quantitative estimate of drug-likeness (QED) is 0.446. The maximum atomic E-state index is 6.03. The van der Waals surface area contributed by atoms with Crippen LogP contribution >= 0.6 is 15.9 Å². The molecule has 0 saturated carbocycles. The summed E-state index contributed by atoms with van der Waals surface area (Å²) in [5.74, 6) is 5.68. The molecule has 0 amide bonds. The van der Waals surface area contributed by atoms with Crippen LogP contribution in [-0.4, -0.2) is 4.98 Å². The van der Waals surface area contributed by atoms with Gasteiger partial charge in [-0.25, -0.2) is 0 Å². The molecule has 0 spiro atoms. The number of aromatic nitrogens is 1. The number of nitrogens with two attached hydrogens (primary N) is 2. The number of nitrogen functional groups attached to an aromatic ring is 1. The summed E-state index contributed by atoms with van der Waals surface area (Å²) in [5.41, 5.74) is 12.8. The minimum absolute atomic E-state index is 0.0625. The molecule has 0 aliphatic heterocycles. The maximum absolute atomic E-state index is 6.03. The summed E-state index contributed by atoms with van der Waals surface area (Å²) in [6.45, 7) is 2.11. The second-order valence-electron chi connectivity index (χ2n) is 4.71. The zero-order valence-electron chi connectivity index (χ0n) is 11.4. The van der Waals surface area contributed by atoms with Gasteiger partial charge in [-0.3, -0.25) is 16.3 Å². The second-order valence-corrected chi connectivity index (χ2v) is 5.62. The van der Waals surface area contributed by atoms with Gasteiger partial charge in [0.15, 0.2) is 0 Å². The number of rotatable bonds is 5. The minimum Gasteiger partial charge on any atom is -0.398 e. The van der Waals surface area contributed by atoms with E-state index in [2.05, 4.69) is 39.3 Å². The van der Waals surface area contributed by atoms with Crippen LogP contribution in [0.1, 0.15) is 29.8 Å². The molecule has 1 unspecified atom stereocenters. The van der Waals surface area contributed by atoms with E-state index in [1.165, 1.54) is 5.56 Å². The van der Waals surface area contributed by atoms with Crippen molar-refractivity contribution < 1.29 is 0 Å². The molecule has 1 aromatic heterocycles. The van der Waals surface area contributed by atoms with E-state index in [4.69, 9.17) is 11.6 Å². The normalized spacial score (nSPS) is 12.3. The van der Waals surface area contributed by atoms with Crippen molar-refractivity contribution in [2.24, 2.45) is 5.84 Å². The summed E-state index contributed by atoms with van der Waals surface area (Å²) in [6, 6.07) is 9.85. The number of nitrogens with one attached hydrogen (secondary N) is 1. The fourth-order valence-electron chi connectivity index (χ4n) is 2.10. The van der Waals surface area contributed by atoms with Crippen LogP contribution in [0.4, 0.5) is 5.69 Å². The molecule has 4 nitrogen and oxygen atoms in total. The maximum Gasteiger partial charge on any atom is 0.0536 e. The number of benzene rings is 1. The third kappa shape index (κ3) is 3.56. The zero-order valence-corrected chi connectivity index (χ0v) is 13.0. The summed E-state index contributed by atoms with van der Waals surface area (Å²) in [4.78, 5) is 4.47. The largest absolute Gasteiger partial charge is 0.398 e. The molecule has 0 saturated heterocycles. The number of pyridine rings is 1. The number of aryl methyl sites for hydroxylation is 1. The highest BCUT2D eigenvalue weighted by atomic mass is 79.9. The van der Waals surface area contributed by atoms with Crippen LogP contribution in [0.5, 0.6) is 0 Å². The van der Waals surface area contributed by atoms with E-state index in [0.29, 0.717) is 6.42 Å². The van der Waals surface area contributed by atoms with Crippen LogP contribution in [0.25, 0.3) is 0 Å². The Hall–Kier alpha value is -1.43. The predicted molar refractivity (Wildman–Crippen MR) is 85.9 cm³/mol. The van der Waals surface area contributed by atoms with Gasteiger partial charge in [0.2, 0.25) is 0 Å². The number of nitrogens with zero attached hydrogens (tertiary/aromatic N) is 1. The van der Waals surface area contributed by atoms with Crippen LogP contribution in [0.2, 0.25) is 0 Å². The third-order valence-electron chi connectivity index (χ3n) is 3.33. The van der Waals surface area contributed by atoms with Crippen molar-refractivity contribution in [1.82, 2.24) is 10.4 Å². The molecule has 1 atom stereocenters. The number of halogens is 1. The highest BCUT2D eigenvalue weighted by Gasteiger charge is 2.14. The van der Waals surface area contributed by atoms with Gasteiger partial charge in [-0.1, -0.05) is 28.9 Å². The molecule has 0 aliphatic carbocycles. The fourth-order valence-corrected chi connectivity index (χ4v) is 2.48.